The number of fused-ring (bicyclic) bond motifs is 1. The molecular weight excluding hydrogens is 516 g/mol. The van der Waals surface area contributed by atoms with E-state index in [2.05, 4.69) is 15.2 Å². The van der Waals surface area contributed by atoms with E-state index in [0.717, 1.165) is 16.8 Å². The lowest BCUT2D eigenvalue weighted by Gasteiger charge is -2.15. The number of hydrogen-bond acceptors (Lipinski definition) is 9. The van der Waals surface area contributed by atoms with Crippen molar-refractivity contribution >= 4 is 29.0 Å². The fourth-order valence-electron chi connectivity index (χ4n) is 4.41. The number of thioether (sulfide) groups is 1. The molecule has 0 spiro atoms. The van der Waals surface area contributed by atoms with Crippen LogP contribution in [-0.2, 0) is 16.0 Å². The maximum atomic E-state index is 12.8. The van der Waals surface area contributed by atoms with Gasteiger partial charge in [0.1, 0.15) is 5.71 Å². The number of nitrogens with zero attached hydrogens (tertiary/aromatic N) is 4. The van der Waals surface area contributed by atoms with Crippen LogP contribution in [-0.4, -0.2) is 65.7 Å². The van der Waals surface area contributed by atoms with Gasteiger partial charge in [-0.1, -0.05) is 54.2 Å². The quantitative estimate of drug-likeness (QED) is 0.274. The normalized spacial score (nSPS) is 13.4. The van der Waals surface area contributed by atoms with Gasteiger partial charge in [0.25, 0.3) is 0 Å². The zero-order chi connectivity index (χ0) is 27.4. The molecule has 0 aliphatic heterocycles. The van der Waals surface area contributed by atoms with E-state index in [1.807, 2.05) is 59.2 Å². The molecule has 198 valence electrons. The molecule has 5 rings (SSSR count). The number of ether oxygens (including phenoxy) is 3. The maximum absolute atomic E-state index is 12.8. The zero-order valence-electron chi connectivity index (χ0n) is 21.7. The van der Waals surface area contributed by atoms with Crippen LogP contribution in [0.2, 0.25) is 0 Å². The topological polar surface area (TPSA) is 105 Å². The molecule has 0 bridgehead atoms. The summed E-state index contributed by atoms with van der Waals surface area (Å²) in [4.78, 5) is 29.6. The number of ketones is 2. The van der Waals surface area contributed by atoms with Crippen LogP contribution in [0.1, 0.15) is 11.1 Å². The predicted octanol–water partition coefficient (Wildman–Crippen LogP) is 4.24. The summed E-state index contributed by atoms with van der Waals surface area (Å²) < 4.78 is 18.4. The molecule has 0 amide bonds. The van der Waals surface area contributed by atoms with Crippen molar-refractivity contribution in [1.82, 2.24) is 14.8 Å². The number of carbonyl (C=O) groups excluding carboxylic acids is 2. The molecule has 1 heterocycles. The average Bonchev–Trinajstić information content (AvgIpc) is 3.54. The number of aliphatic imine (C=N–C) groups is 1. The number of para-hydroxylation sites is 1. The lowest BCUT2D eigenvalue weighted by atomic mass is 10.1. The number of rotatable bonds is 10. The van der Waals surface area contributed by atoms with Crippen molar-refractivity contribution in [3.63, 3.8) is 0 Å². The van der Waals surface area contributed by atoms with E-state index in [1.54, 1.807) is 33.5 Å². The van der Waals surface area contributed by atoms with E-state index in [9.17, 15) is 9.59 Å². The fraction of sp³-hybridized carbons (Fsp3) is 0.207. The van der Waals surface area contributed by atoms with Crippen LogP contribution >= 0.6 is 11.8 Å². The molecule has 9 nitrogen and oxygen atoms in total. The SMILES string of the molecule is COc1cc(-c2nnc(SCC(=O)CN=C3C(=O)Cc4ccccc43)n2-c2ccccc2)cc(OC)c1OC. The van der Waals surface area contributed by atoms with E-state index in [1.165, 1.54) is 11.8 Å². The van der Waals surface area contributed by atoms with Gasteiger partial charge in [-0.15, -0.1) is 10.2 Å². The Morgan fingerprint density at radius 3 is 2.33 bits per heavy atom. The van der Waals surface area contributed by atoms with E-state index in [4.69, 9.17) is 14.2 Å². The first-order chi connectivity index (χ1) is 19.0. The highest BCUT2D eigenvalue weighted by molar-refractivity contribution is 7.99. The Labute approximate surface area is 229 Å². The average molecular weight is 543 g/mol. The largest absolute Gasteiger partial charge is 0.493 e. The second-order valence-corrected chi connectivity index (χ2v) is 9.58. The van der Waals surface area contributed by atoms with Gasteiger partial charge in [-0.05, 0) is 29.8 Å². The first kappa shape index (κ1) is 26.2. The Bertz CT molecular complexity index is 1540. The molecular formula is C29H26N4O5S. The van der Waals surface area contributed by atoms with Crippen molar-refractivity contribution in [2.24, 2.45) is 4.99 Å². The summed E-state index contributed by atoms with van der Waals surface area (Å²) in [5.74, 6) is 1.93. The van der Waals surface area contributed by atoms with Gasteiger partial charge in [-0.2, -0.15) is 0 Å². The van der Waals surface area contributed by atoms with Gasteiger partial charge in [-0.3, -0.25) is 19.1 Å². The Morgan fingerprint density at radius 1 is 0.949 bits per heavy atom. The molecule has 0 fully saturated rings. The standard InChI is InChI=1S/C29H26N4O5S/c1-36-24-14-19(15-25(37-2)27(24)38-3)28-31-32-29(33(28)20-10-5-4-6-11-20)39-17-21(34)16-30-26-22-12-8-7-9-18(22)13-23(26)35/h4-12,14-15H,13,16-17H2,1-3H3. The molecule has 1 aliphatic carbocycles. The molecule has 0 unspecified atom stereocenters. The summed E-state index contributed by atoms with van der Waals surface area (Å²) in [5.41, 5.74) is 3.65. The van der Waals surface area contributed by atoms with E-state index in [-0.39, 0.29) is 23.9 Å². The number of Topliss-reactive ketones (excluding diaryl/α,β-unsaturated/α-hetero) is 2. The Kier molecular flexibility index (Phi) is 7.74. The number of carbonyl (C=O) groups is 2. The summed E-state index contributed by atoms with van der Waals surface area (Å²) in [6, 6.07) is 20.8. The molecule has 39 heavy (non-hydrogen) atoms. The monoisotopic (exact) mass is 542 g/mol. The molecule has 10 heteroatoms. The lowest BCUT2D eigenvalue weighted by molar-refractivity contribution is -0.115. The number of aromatic nitrogens is 3. The highest BCUT2D eigenvalue weighted by Crippen LogP contribution is 2.41. The molecule has 0 N–H and O–H groups in total. The Morgan fingerprint density at radius 2 is 1.64 bits per heavy atom. The Balaban J connectivity index is 1.42. The summed E-state index contributed by atoms with van der Waals surface area (Å²) in [6.45, 7) is -0.0817. The van der Waals surface area contributed by atoms with Crippen LogP contribution in [0.4, 0.5) is 0 Å². The summed E-state index contributed by atoms with van der Waals surface area (Å²) in [5, 5.41) is 9.38. The van der Waals surface area contributed by atoms with Gasteiger partial charge < -0.3 is 14.2 Å². The van der Waals surface area contributed by atoms with Crippen molar-refractivity contribution in [1.29, 1.82) is 0 Å². The van der Waals surface area contributed by atoms with Gasteiger partial charge in [0.15, 0.2) is 34.0 Å². The maximum Gasteiger partial charge on any atom is 0.203 e. The third kappa shape index (κ3) is 5.28. The minimum Gasteiger partial charge on any atom is -0.493 e. The minimum atomic E-state index is -0.123. The first-order valence-corrected chi connectivity index (χ1v) is 13.1. The van der Waals surface area contributed by atoms with Crippen LogP contribution in [0.3, 0.4) is 0 Å². The van der Waals surface area contributed by atoms with E-state index in [0.29, 0.717) is 45.9 Å². The van der Waals surface area contributed by atoms with Crippen LogP contribution < -0.4 is 14.2 Å². The molecule has 0 saturated heterocycles. The third-order valence-electron chi connectivity index (χ3n) is 6.23. The smallest absolute Gasteiger partial charge is 0.203 e. The predicted molar refractivity (Wildman–Crippen MR) is 149 cm³/mol. The van der Waals surface area contributed by atoms with Gasteiger partial charge >= 0.3 is 0 Å². The van der Waals surface area contributed by atoms with Crippen LogP contribution in [0, 0.1) is 0 Å². The molecule has 0 saturated carbocycles. The summed E-state index contributed by atoms with van der Waals surface area (Å²) in [6.07, 6.45) is 0.321. The summed E-state index contributed by atoms with van der Waals surface area (Å²) >= 11 is 1.26. The lowest BCUT2D eigenvalue weighted by Crippen LogP contribution is -2.14. The van der Waals surface area contributed by atoms with E-state index < -0.39 is 0 Å². The molecule has 1 aromatic heterocycles. The third-order valence-corrected chi connectivity index (χ3v) is 7.22. The van der Waals surface area contributed by atoms with E-state index >= 15 is 0 Å². The van der Waals surface area contributed by atoms with Crippen molar-refractivity contribution < 1.29 is 23.8 Å². The van der Waals surface area contributed by atoms with Crippen LogP contribution in [0.25, 0.3) is 17.1 Å². The second kappa shape index (κ2) is 11.5. The molecule has 3 aromatic carbocycles. The van der Waals surface area contributed by atoms with Crippen molar-refractivity contribution in [2.75, 3.05) is 33.6 Å². The Hall–Kier alpha value is -4.44. The zero-order valence-corrected chi connectivity index (χ0v) is 22.5. The van der Waals surface area contributed by atoms with Crippen molar-refractivity contribution in [3.05, 3.63) is 77.9 Å². The highest BCUT2D eigenvalue weighted by atomic mass is 32.2. The number of benzene rings is 3. The second-order valence-electron chi connectivity index (χ2n) is 8.64. The van der Waals surface area contributed by atoms with Gasteiger partial charge in [-0.25, -0.2) is 0 Å². The summed E-state index contributed by atoms with van der Waals surface area (Å²) in [7, 11) is 4.65. The van der Waals surface area contributed by atoms with Crippen molar-refractivity contribution in [2.45, 2.75) is 11.6 Å². The number of methoxy groups -OCH3 is 3. The fourth-order valence-corrected chi connectivity index (χ4v) is 5.21. The highest BCUT2D eigenvalue weighted by Gasteiger charge is 2.26. The first-order valence-electron chi connectivity index (χ1n) is 12.2. The van der Waals surface area contributed by atoms with Crippen molar-refractivity contribution in [3.8, 4) is 34.3 Å². The van der Waals surface area contributed by atoms with Gasteiger partial charge in [0.05, 0.1) is 33.6 Å². The van der Waals surface area contributed by atoms with Crippen LogP contribution in [0.15, 0.2) is 76.9 Å². The molecule has 0 atom stereocenters. The van der Waals surface area contributed by atoms with Crippen LogP contribution in [0.5, 0.6) is 17.2 Å². The van der Waals surface area contributed by atoms with Gasteiger partial charge in [0, 0.05) is 23.2 Å². The number of hydrogen-bond donors (Lipinski definition) is 0. The molecule has 4 aromatic rings. The minimum absolute atomic E-state index is 0.0598. The molecule has 0 radical (unpaired) electrons. The molecule has 1 aliphatic rings. The van der Waals surface area contributed by atoms with Gasteiger partial charge in [0.2, 0.25) is 5.75 Å².